The molecule has 1 aliphatic heterocycles. The topological polar surface area (TPSA) is 35.5 Å². The molecule has 0 aromatic heterocycles. The van der Waals surface area contributed by atoms with Crippen LogP contribution in [-0.4, -0.2) is 42.6 Å². The van der Waals surface area contributed by atoms with Crippen LogP contribution >= 0.6 is 0 Å². The average molecular weight is 170 g/mol. The van der Waals surface area contributed by atoms with E-state index in [0.717, 1.165) is 19.6 Å². The van der Waals surface area contributed by atoms with Gasteiger partial charge in [-0.1, -0.05) is 13.3 Å². The van der Waals surface area contributed by atoms with Crippen LogP contribution in [0.2, 0.25) is 6.82 Å². The van der Waals surface area contributed by atoms with Crippen LogP contribution in [0.1, 0.15) is 19.8 Å². The molecule has 0 aliphatic carbocycles. The van der Waals surface area contributed by atoms with Crippen LogP contribution in [0, 0.1) is 0 Å². The molecule has 0 aromatic rings. The summed E-state index contributed by atoms with van der Waals surface area (Å²) in [6, 6.07) is 0.531. The summed E-state index contributed by atoms with van der Waals surface area (Å²) in [5, 5.41) is 12.8. The van der Waals surface area contributed by atoms with Crippen molar-refractivity contribution in [1.29, 1.82) is 0 Å². The van der Waals surface area contributed by atoms with Gasteiger partial charge in [0.25, 0.3) is 0 Å². The van der Waals surface area contributed by atoms with E-state index in [2.05, 4.69) is 17.1 Å². The third-order valence-electron chi connectivity index (χ3n) is 2.50. The fraction of sp³-hybridized carbons (Fsp3) is 1.00. The highest BCUT2D eigenvalue weighted by Gasteiger charge is 2.26. The Morgan fingerprint density at radius 3 is 3.00 bits per heavy atom. The van der Waals surface area contributed by atoms with Crippen LogP contribution in [0.25, 0.3) is 0 Å². The molecule has 12 heavy (non-hydrogen) atoms. The first kappa shape index (κ1) is 10.0. The predicted octanol–water partition coefficient (Wildman–Crippen LogP) is 0.171. The minimum absolute atomic E-state index is 0.288. The largest absolute Gasteiger partial charge is 0.437 e. The Labute approximate surface area is 75.3 Å². The Morgan fingerprint density at radius 1 is 1.67 bits per heavy atom. The number of nitrogens with one attached hydrogen (secondary N) is 1. The summed E-state index contributed by atoms with van der Waals surface area (Å²) in [5.74, 6) is 0. The third kappa shape index (κ3) is 2.47. The second-order valence-corrected chi connectivity index (χ2v) is 3.52. The maximum atomic E-state index is 9.47. The first-order valence-corrected chi connectivity index (χ1v) is 4.90. The number of hydrogen-bond acceptors (Lipinski definition) is 3. The smallest absolute Gasteiger partial charge is 0.376 e. The summed E-state index contributed by atoms with van der Waals surface area (Å²) >= 11 is 0. The number of piperazine rings is 1. The lowest BCUT2D eigenvalue weighted by atomic mass is 9.81. The lowest BCUT2D eigenvalue weighted by Gasteiger charge is -2.36. The fourth-order valence-electron chi connectivity index (χ4n) is 1.87. The quantitative estimate of drug-likeness (QED) is 0.592. The molecule has 70 valence electrons. The Hall–Kier alpha value is -0.0551. The van der Waals surface area contributed by atoms with Gasteiger partial charge in [0.1, 0.15) is 0 Å². The molecule has 0 unspecified atom stereocenters. The van der Waals surface area contributed by atoms with Crippen LogP contribution < -0.4 is 5.32 Å². The van der Waals surface area contributed by atoms with Gasteiger partial charge in [0, 0.05) is 25.7 Å². The van der Waals surface area contributed by atoms with Crippen LogP contribution in [0.3, 0.4) is 0 Å². The van der Waals surface area contributed by atoms with Crippen LogP contribution in [-0.2, 0) is 0 Å². The summed E-state index contributed by atoms with van der Waals surface area (Å²) in [6.07, 6.45) is 2.37. The summed E-state index contributed by atoms with van der Waals surface area (Å²) in [7, 11) is -0.288. The Kier molecular flexibility index (Phi) is 4.05. The first-order chi connectivity index (χ1) is 5.75. The van der Waals surface area contributed by atoms with Crippen molar-refractivity contribution in [3.63, 3.8) is 0 Å². The SMILES string of the molecule is CCC[C@H]1CNCCN1B(C)O. The highest BCUT2D eigenvalue weighted by atomic mass is 16.2. The molecule has 1 aliphatic rings. The van der Waals surface area contributed by atoms with Crippen LogP contribution in [0.4, 0.5) is 0 Å². The van der Waals surface area contributed by atoms with Gasteiger partial charge in [-0.25, -0.2) is 0 Å². The van der Waals surface area contributed by atoms with Crippen molar-refractivity contribution in [3.05, 3.63) is 0 Å². The average Bonchev–Trinajstić information content (AvgIpc) is 2.05. The van der Waals surface area contributed by atoms with Crippen LogP contribution in [0.5, 0.6) is 0 Å². The van der Waals surface area contributed by atoms with Gasteiger partial charge in [0.2, 0.25) is 0 Å². The molecule has 1 heterocycles. The van der Waals surface area contributed by atoms with Crippen molar-refractivity contribution in [2.45, 2.75) is 32.6 Å². The summed E-state index contributed by atoms with van der Waals surface area (Å²) < 4.78 is 0. The molecule has 0 radical (unpaired) electrons. The van der Waals surface area contributed by atoms with Crippen molar-refractivity contribution < 1.29 is 5.02 Å². The maximum absolute atomic E-state index is 9.47. The third-order valence-corrected chi connectivity index (χ3v) is 2.50. The van der Waals surface area contributed by atoms with Gasteiger partial charge in [-0.15, -0.1) is 0 Å². The van der Waals surface area contributed by atoms with Gasteiger partial charge < -0.3 is 15.2 Å². The van der Waals surface area contributed by atoms with E-state index in [0.29, 0.717) is 6.04 Å². The molecule has 0 spiro atoms. The Balaban J connectivity index is 2.42. The lowest BCUT2D eigenvalue weighted by Crippen LogP contribution is -2.56. The van der Waals surface area contributed by atoms with Crippen molar-refractivity contribution in [2.24, 2.45) is 0 Å². The molecular weight excluding hydrogens is 151 g/mol. The molecule has 1 atom stereocenters. The lowest BCUT2D eigenvalue weighted by molar-refractivity contribution is 0.227. The van der Waals surface area contributed by atoms with E-state index in [1.165, 1.54) is 12.8 Å². The van der Waals surface area contributed by atoms with E-state index in [4.69, 9.17) is 0 Å². The normalized spacial score (nSPS) is 25.8. The number of nitrogens with zero attached hydrogens (tertiary/aromatic N) is 1. The monoisotopic (exact) mass is 170 g/mol. The number of hydrogen-bond donors (Lipinski definition) is 2. The van der Waals surface area contributed by atoms with Gasteiger partial charge in [0.05, 0.1) is 0 Å². The molecule has 0 amide bonds. The standard InChI is InChI=1S/C8H19BN2O/c1-3-4-8-7-10-5-6-11(8)9(2)12/h8,10,12H,3-7H2,1-2H3/t8-/m0/s1. The number of rotatable bonds is 3. The van der Waals surface area contributed by atoms with E-state index in [1.807, 2.05) is 6.82 Å². The van der Waals surface area contributed by atoms with Crippen molar-refractivity contribution in [2.75, 3.05) is 19.6 Å². The van der Waals surface area contributed by atoms with Crippen molar-refractivity contribution >= 4 is 7.05 Å². The van der Waals surface area contributed by atoms with Crippen molar-refractivity contribution in [1.82, 2.24) is 10.1 Å². The van der Waals surface area contributed by atoms with Gasteiger partial charge in [-0.2, -0.15) is 0 Å². The molecule has 2 N–H and O–H groups in total. The Bertz CT molecular complexity index is 130. The van der Waals surface area contributed by atoms with E-state index < -0.39 is 0 Å². The molecule has 1 rings (SSSR count). The maximum Gasteiger partial charge on any atom is 0.376 e. The van der Waals surface area contributed by atoms with Gasteiger partial charge in [0.15, 0.2) is 0 Å². The molecule has 0 aromatic carbocycles. The van der Waals surface area contributed by atoms with E-state index in [-0.39, 0.29) is 7.05 Å². The predicted molar refractivity (Wildman–Crippen MR) is 52.1 cm³/mol. The second kappa shape index (κ2) is 4.85. The minimum Gasteiger partial charge on any atom is -0.437 e. The summed E-state index contributed by atoms with van der Waals surface area (Å²) in [4.78, 5) is 2.18. The van der Waals surface area contributed by atoms with E-state index in [9.17, 15) is 5.02 Å². The van der Waals surface area contributed by atoms with Gasteiger partial charge in [-0.3, -0.25) is 0 Å². The second-order valence-electron chi connectivity index (χ2n) is 3.52. The molecule has 0 bridgehead atoms. The molecular formula is C8H19BN2O. The summed E-state index contributed by atoms with van der Waals surface area (Å²) in [6.45, 7) is 7.05. The minimum atomic E-state index is -0.288. The molecule has 0 saturated carbocycles. The molecule has 4 heteroatoms. The van der Waals surface area contributed by atoms with Crippen molar-refractivity contribution in [3.8, 4) is 0 Å². The first-order valence-electron chi connectivity index (χ1n) is 4.90. The Morgan fingerprint density at radius 2 is 2.42 bits per heavy atom. The molecule has 1 saturated heterocycles. The van der Waals surface area contributed by atoms with Crippen LogP contribution in [0.15, 0.2) is 0 Å². The van der Waals surface area contributed by atoms with E-state index in [1.54, 1.807) is 0 Å². The molecule has 1 fully saturated rings. The van der Waals surface area contributed by atoms with Gasteiger partial charge >= 0.3 is 7.05 Å². The zero-order valence-electron chi connectivity index (χ0n) is 8.08. The van der Waals surface area contributed by atoms with Gasteiger partial charge in [-0.05, 0) is 13.2 Å². The zero-order valence-corrected chi connectivity index (χ0v) is 8.08. The highest BCUT2D eigenvalue weighted by molar-refractivity contribution is 6.45. The van der Waals surface area contributed by atoms with E-state index >= 15 is 0 Å². The highest BCUT2D eigenvalue weighted by Crippen LogP contribution is 2.09. The zero-order chi connectivity index (χ0) is 8.97. The fourth-order valence-corrected chi connectivity index (χ4v) is 1.87. The molecule has 3 nitrogen and oxygen atoms in total. The summed E-state index contributed by atoms with van der Waals surface area (Å²) in [5.41, 5.74) is 0.